The highest BCUT2D eigenvalue weighted by molar-refractivity contribution is 6.14. The number of hydrogen-bond acceptors (Lipinski definition) is 5. The SMILES string of the molecule is c1ccc(-c2ccc3c4ccccc4n(-c4ccc5oc6cc(-c7nc(-c8ccccc8)nc(-c8ccc9c(c8)oc8cccc(-c%10ccccc%10)c89)n7)ccc6c5c4)c3c2)cc1. The zero-order chi connectivity index (χ0) is 41.4. The highest BCUT2D eigenvalue weighted by Gasteiger charge is 2.19. The lowest BCUT2D eigenvalue weighted by Crippen LogP contribution is -2.00. The third kappa shape index (κ3) is 5.76. The monoisotopic (exact) mass is 806 g/mol. The first-order chi connectivity index (χ1) is 31.2. The molecule has 63 heavy (non-hydrogen) atoms. The van der Waals surface area contributed by atoms with E-state index >= 15 is 0 Å². The van der Waals surface area contributed by atoms with E-state index in [0.29, 0.717) is 17.5 Å². The van der Waals surface area contributed by atoms with Gasteiger partial charge in [0.1, 0.15) is 22.3 Å². The van der Waals surface area contributed by atoms with Crippen molar-refractivity contribution >= 4 is 65.7 Å². The number of nitrogens with zero attached hydrogens (tertiary/aromatic N) is 4. The predicted molar refractivity (Wildman–Crippen MR) is 256 cm³/mol. The third-order valence-electron chi connectivity index (χ3n) is 12.3. The lowest BCUT2D eigenvalue weighted by atomic mass is 9.99. The standard InChI is InChI=1S/C57H34N4O2/c1-4-13-35(14-5-1)38-23-27-44-43-19-10-11-21-48(43)61(49(44)31-38)41-26-30-50-47(34-41)45-28-24-39(32-52(45)62-50)56-58-55(37-17-8-3-9-18-37)59-57(60-56)40-25-29-46-53(33-40)63-51-22-12-20-42(54(46)51)36-15-6-2-7-16-36/h1-34H. The van der Waals surface area contributed by atoms with Gasteiger partial charge in [0.05, 0.1) is 11.0 Å². The van der Waals surface area contributed by atoms with Crippen molar-refractivity contribution in [3.63, 3.8) is 0 Å². The maximum atomic E-state index is 6.59. The molecule has 0 saturated heterocycles. The molecule has 4 aromatic heterocycles. The molecule has 6 nitrogen and oxygen atoms in total. The van der Waals surface area contributed by atoms with Crippen molar-refractivity contribution in [2.24, 2.45) is 0 Å². The molecule has 0 fully saturated rings. The molecule has 0 spiro atoms. The van der Waals surface area contributed by atoms with Crippen LogP contribution in [0.3, 0.4) is 0 Å². The molecule has 6 heteroatoms. The van der Waals surface area contributed by atoms with Crippen molar-refractivity contribution in [1.29, 1.82) is 0 Å². The minimum absolute atomic E-state index is 0.553. The smallest absolute Gasteiger partial charge is 0.164 e. The van der Waals surface area contributed by atoms with Gasteiger partial charge in [-0.3, -0.25) is 0 Å². The third-order valence-corrected chi connectivity index (χ3v) is 12.3. The number of rotatable bonds is 6. The summed E-state index contributed by atoms with van der Waals surface area (Å²) in [6.07, 6.45) is 0. The van der Waals surface area contributed by atoms with Crippen LogP contribution in [0.25, 0.3) is 128 Å². The second-order valence-electron chi connectivity index (χ2n) is 16.0. The van der Waals surface area contributed by atoms with E-state index in [1.54, 1.807) is 0 Å². The average Bonchev–Trinajstić information content (AvgIpc) is 4.03. The molecular formula is C57H34N4O2. The molecule has 0 amide bonds. The molecule has 0 saturated carbocycles. The second kappa shape index (κ2) is 14.0. The van der Waals surface area contributed by atoms with Crippen LogP contribution in [0.15, 0.2) is 215 Å². The molecular weight excluding hydrogens is 773 g/mol. The summed E-state index contributed by atoms with van der Waals surface area (Å²) in [6.45, 7) is 0. The normalized spacial score (nSPS) is 11.8. The van der Waals surface area contributed by atoms with Gasteiger partial charge >= 0.3 is 0 Å². The van der Waals surface area contributed by atoms with Gasteiger partial charge in [-0.15, -0.1) is 0 Å². The number of fused-ring (bicyclic) bond motifs is 9. The Bertz CT molecular complexity index is 3900. The summed E-state index contributed by atoms with van der Waals surface area (Å²) in [5.74, 6) is 1.69. The molecule has 0 bridgehead atoms. The Labute approximate surface area is 361 Å². The lowest BCUT2D eigenvalue weighted by Gasteiger charge is -2.09. The predicted octanol–water partition coefficient (Wildman–Crippen LogP) is 15.1. The van der Waals surface area contributed by atoms with Crippen LogP contribution in [0.5, 0.6) is 0 Å². The van der Waals surface area contributed by atoms with Gasteiger partial charge in [0, 0.05) is 54.7 Å². The number of furan rings is 2. The molecule has 0 N–H and O–H groups in total. The van der Waals surface area contributed by atoms with Crippen LogP contribution in [0.4, 0.5) is 0 Å². The Morgan fingerprint density at radius 3 is 1.62 bits per heavy atom. The van der Waals surface area contributed by atoms with Gasteiger partial charge in [0.2, 0.25) is 0 Å². The molecule has 13 aromatic rings. The average molecular weight is 807 g/mol. The first-order valence-corrected chi connectivity index (χ1v) is 21.1. The summed E-state index contributed by atoms with van der Waals surface area (Å²) in [6, 6.07) is 71.6. The summed E-state index contributed by atoms with van der Waals surface area (Å²) in [7, 11) is 0. The molecule has 0 aliphatic rings. The van der Waals surface area contributed by atoms with Crippen LogP contribution >= 0.6 is 0 Å². The van der Waals surface area contributed by atoms with Gasteiger partial charge < -0.3 is 13.4 Å². The van der Waals surface area contributed by atoms with E-state index in [0.717, 1.165) is 88.4 Å². The summed E-state index contributed by atoms with van der Waals surface area (Å²) >= 11 is 0. The summed E-state index contributed by atoms with van der Waals surface area (Å²) in [4.78, 5) is 15.2. The maximum Gasteiger partial charge on any atom is 0.164 e. The van der Waals surface area contributed by atoms with Crippen molar-refractivity contribution in [3.8, 4) is 62.1 Å². The van der Waals surface area contributed by atoms with E-state index in [9.17, 15) is 0 Å². The topological polar surface area (TPSA) is 69.9 Å². The van der Waals surface area contributed by atoms with Crippen LogP contribution in [0, 0.1) is 0 Å². The van der Waals surface area contributed by atoms with Gasteiger partial charge in [0.25, 0.3) is 0 Å². The first kappa shape index (κ1) is 35.2. The van der Waals surface area contributed by atoms with Crippen LogP contribution in [-0.4, -0.2) is 19.5 Å². The minimum atomic E-state index is 0.553. The van der Waals surface area contributed by atoms with E-state index in [2.05, 4.69) is 150 Å². The molecule has 294 valence electrons. The van der Waals surface area contributed by atoms with E-state index in [4.69, 9.17) is 23.8 Å². The Morgan fingerprint density at radius 1 is 0.302 bits per heavy atom. The van der Waals surface area contributed by atoms with Crippen LogP contribution < -0.4 is 0 Å². The van der Waals surface area contributed by atoms with Crippen molar-refractivity contribution in [3.05, 3.63) is 206 Å². The van der Waals surface area contributed by atoms with Crippen LogP contribution in [0.1, 0.15) is 0 Å². The molecule has 0 aliphatic heterocycles. The first-order valence-electron chi connectivity index (χ1n) is 21.1. The molecule has 4 heterocycles. The van der Waals surface area contributed by atoms with E-state index in [-0.39, 0.29) is 0 Å². The Hall–Kier alpha value is -8.61. The number of aromatic nitrogens is 4. The number of hydrogen-bond donors (Lipinski definition) is 0. The van der Waals surface area contributed by atoms with Gasteiger partial charge in [-0.2, -0.15) is 0 Å². The van der Waals surface area contributed by atoms with Gasteiger partial charge in [-0.05, 0) is 82.9 Å². The van der Waals surface area contributed by atoms with E-state index in [1.165, 1.54) is 21.9 Å². The largest absolute Gasteiger partial charge is 0.456 e. The van der Waals surface area contributed by atoms with Crippen molar-refractivity contribution in [1.82, 2.24) is 19.5 Å². The molecule has 0 atom stereocenters. The number of para-hydroxylation sites is 1. The minimum Gasteiger partial charge on any atom is -0.456 e. The van der Waals surface area contributed by atoms with E-state index in [1.807, 2.05) is 60.7 Å². The fraction of sp³-hybridized carbons (Fsp3) is 0. The fourth-order valence-electron chi connectivity index (χ4n) is 9.28. The summed E-state index contributed by atoms with van der Waals surface area (Å²) < 4.78 is 15.5. The molecule has 0 radical (unpaired) electrons. The van der Waals surface area contributed by atoms with Gasteiger partial charge in [0.15, 0.2) is 17.5 Å². The van der Waals surface area contributed by atoms with Crippen molar-refractivity contribution in [2.75, 3.05) is 0 Å². The highest BCUT2D eigenvalue weighted by Crippen LogP contribution is 2.40. The molecule has 0 unspecified atom stereocenters. The van der Waals surface area contributed by atoms with E-state index < -0.39 is 0 Å². The quantitative estimate of drug-likeness (QED) is 0.167. The van der Waals surface area contributed by atoms with Gasteiger partial charge in [-0.25, -0.2) is 15.0 Å². The Balaban J connectivity index is 0.930. The highest BCUT2D eigenvalue weighted by atomic mass is 16.3. The van der Waals surface area contributed by atoms with Crippen molar-refractivity contribution in [2.45, 2.75) is 0 Å². The Morgan fingerprint density at radius 2 is 0.873 bits per heavy atom. The summed E-state index contributed by atoms with van der Waals surface area (Å²) in [5.41, 5.74) is 13.8. The molecule has 0 aliphatic carbocycles. The fourth-order valence-corrected chi connectivity index (χ4v) is 9.28. The second-order valence-corrected chi connectivity index (χ2v) is 16.0. The van der Waals surface area contributed by atoms with Gasteiger partial charge in [-0.1, -0.05) is 146 Å². The molecule has 9 aromatic carbocycles. The zero-order valence-corrected chi connectivity index (χ0v) is 33.7. The number of benzene rings is 9. The summed E-state index contributed by atoms with van der Waals surface area (Å²) in [5, 5.41) is 6.62. The van der Waals surface area contributed by atoms with Crippen LogP contribution in [-0.2, 0) is 0 Å². The molecule has 13 rings (SSSR count). The van der Waals surface area contributed by atoms with Crippen LogP contribution in [0.2, 0.25) is 0 Å². The lowest BCUT2D eigenvalue weighted by molar-refractivity contribution is 0.668. The zero-order valence-electron chi connectivity index (χ0n) is 33.7. The van der Waals surface area contributed by atoms with Crippen molar-refractivity contribution < 1.29 is 8.83 Å². The Kier molecular flexibility index (Phi) is 7.80. The maximum absolute atomic E-state index is 6.59.